The predicted molar refractivity (Wildman–Crippen MR) is 204 cm³/mol. The van der Waals surface area contributed by atoms with Crippen molar-refractivity contribution in [3.8, 4) is 0 Å². The van der Waals surface area contributed by atoms with Gasteiger partial charge in [0.1, 0.15) is 0 Å². The summed E-state index contributed by atoms with van der Waals surface area (Å²) in [5.74, 6) is 0. The number of alkyl halides is 1. The third-order valence-corrected chi connectivity index (χ3v) is 9.55. The van der Waals surface area contributed by atoms with E-state index in [1.165, 1.54) is 50.6 Å². The van der Waals surface area contributed by atoms with Crippen LogP contribution in [0.1, 0.15) is 108 Å². The monoisotopic (exact) mass is 774 g/mol. The third-order valence-electron chi connectivity index (χ3n) is 7.72. The van der Waals surface area contributed by atoms with Crippen molar-refractivity contribution in [3.63, 3.8) is 0 Å². The van der Waals surface area contributed by atoms with Gasteiger partial charge < -0.3 is 22.4 Å². The lowest BCUT2D eigenvalue weighted by Gasteiger charge is -2.26. The average Bonchev–Trinajstić information content (AvgIpc) is 3.98. The van der Waals surface area contributed by atoms with Crippen LogP contribution in [-0.4, -0.2) is 85.8 Å². The van der Waals surface area contributed by atoms with Crippen molar-refractivity contribution >= 4 is 72.3 Å². The second-order valence-electron chi connectivity index (χ2n) is 10.7. The number of ether oxygens (including phenoxy) is 1. The van der Waals surface area contributed by atoms with Crippen molar-refractivity contribution in [3.05, 3.63) is 20.9 Å². The Kier molecular flexibility index (Phi) is 26.8. The van der Waals surface area contributed by atoms with Gasteiger partial charge in [-0.3, -0.25) is 0 Å². The van der Waals surface area contributed by atoms with E-state index in [1.807, 2.05) is 0 Å². The summed E-state index contributed by atoms with van der Waals surface area (Å²) >= 11 is 13.9. The number of aliphatic hydroxyl groups is 1. The second kappa shape index (κ2) is 32.7. The van der Waals surface area contributed by atoms with E-state index in [-0.39, 0.29) is 60.8 Å². The number of thiol groups is 1. The number of halogens is 1. The first kappa shape index (κ1) is 37.7. The summed E-state index contributed by atoms with van der Waals surface area (Å²) in [5.41, 5.74) is 15.9. The summed E-state index contributed by atoms with van der Waals surface area (Å²) in [5, 5.41) is 8.42. The molecule has 0 radical (unpaired) electrons. The Hall–Kier alpha value is 0.460. The maximum Gasteiger partial charge on any atom is 0.211 e. The predicted octanol–water partition coefficient (Wildman–Crippen LogP) is 10.8. The molecule has 5 rings (SSSR count). The number of fused-ring (bicyclic) bond motifs is 1. The smallest absolute Gasteiger partial charge is 0.211 e. The van der Waals surface area contributed by atoms with Gasteiger partial charge in [-0.1, -0.05) is 68.4 Å². The van der Waals surface area contributed by atoms with Crippen LogP contribution in [0.2, 0.25) is 0 Å². The fourth-order valence-corrected chi connectivity index (χ4v) is 7.03. The Labute approximate surface area is 312 Å². The number of azide groups is 2. The second-order valence-corrected chi connectivity index (χ2v) is 13.0. The topological polar surface area (TPSA) is 158 Å². The van der Waals surface area contributed by atoms with E-state index in [0.29, 0.717) is 12.2 Å². The molecule has 0 aromatic heterocycles. The van der Waals surface area contributed by atoms with Crippen LogP contribution in [0.3, 0.4) is 0 Å². The minimum atomic E-state index is -0.0854. The van der Waals surface area contributed by atoms with E-state index < -0.39 is 0 Å². The first-order valence-corrected chi connectivity index (χ1v) is 20.6. The molecular weight excluding hydrogens is 708 g/mol. The van der Waals surface area contributed by atoms with Crippen LogP contribution in [0.15, 0.2) is 9.63 Å². The zero-order valence-electron chi connectivity index (χ0n) is 31.9. The molecule has 17 heteroatoms. The minimum Gasteiger partial charge on any atom is -0.390 e. The molecule has 0 spiro atoms. The number of aliphatic hydroxyl groups excluding tert-OH is 1. The molecule has 4 aliphatic carbocycles. The summed E-state index contributed by atoms with van der Waals surface area (Å²) in [6, 6.07) is -0.0298. The molecule has 8 atom stereocenters. The van der Waals surface area contributed by atoms with Crippen molar-refractivity contribution in [2.75, 3.05) is 31.2 Å². The lowest BCUT2D eigenvalue weighted by Crippen LogP contribution is -2.30. The molecule has 0 amide bonds. The molecule has 1 heterocycles. The first-order chi connectivity index (χ1) is 25.0. The highest BCUT2D eigenvalue weighted by atomic mass is 35.5. The van der Waals surface area contributed by atoms with Crippen LogP contribution in [0.5, 0.6) is 0 Å². The largest absolute Gasteiger partial charge is 0.390 e. The summed E-state index contributed by atoms with van der Waals surface area (Å²) < 4.78 is 58.2. The quantitative estimate of drug-likeness (QED) is 0.0340. The number of hydrogen-bond acceptors (Lipinski definition) is 12. The van der Waals surface area contributed by atoms with Gasteiger partial charge in [-0.25, -0.2) is 0 Å². The molecule has 5 aliphatic rings. The molecule has 0 bridgehead atoms. The van der Waals surface area contributed by atoms with Gasteiger partial charge in [-0.05, 0) is 116 Å². The zero-order chi connectivity index (χ0) is 38.0. The molecule has 0 aromatic rings. The third kappa shape index (κ3) is 23.0. The van der Waals surface area contributed by atoms with Gasteiger partial charge in [-0.2, -0.15) is 12.6 Å². The Bertz CT molecular complexity index is 911. The molecule has 5 fully saturated rings. The number of hydrogen-bond donors (Lipinski definition) is 2. The van der Waals surface area contributed by atoms with Crippen LogP contribution >= 0.6 is 72.3 Å². The van der Waals surface area contributed by atoms with Crippen LogP contribution in [0, 0.1) is 0 Å². The standard InChI is InChI=1S/C7H13ClOS.C7H13N3OS.C7H14O2S.C6H10O.CH3N3S.CH4S/c1-10-9-7-5-3-2-4-6(7)8;1-12-11-7-5-3-2-4-6(7)9-10-8;1-10-9-7-5-3-2-4-6(7)8;1-2-4-6-5(3-1)7-6;1-5-4-3-2;1-2/h6-7H,2-5H2,1H3;6-7H,2-5H2,1H3;6-8H,2-5H2,1H3;5-6H,1-4H2;1H3;2H,1H3/t3*6-,7-;;;/m000.../s1/i2*1T;1T,8T;;1T;. The van der Waals surface area contributed by atoms with Gasteiger partial charge in [0, 0.05) is 34.0 Å². The molecule has 4 saturated carbocycles. The highest BCUT2D eigenvalue weighted by Gasteiger charge is 2.39. The summed E-state index contributed by atoms with van der Waals surface area (Å²) in [4.78, 5) is 5.20. The van der Waals surface area contributed by atoms with Gasteiger partial charge in [-0.15, -0.1) is 11.6 Å². The molecule has 1 N–H and O–H groups in total. The molecular formula is C29H57ClN6O5S5. The SMILES string of the molecule is C1CCC2OC2C1.CS.[3H]CSN=[N+]=[N-].[3H]CSO[C@H]1CCCC[C@@H]1Cl.[3H]CSO[C@H]1CCCC[C@@H]1N=[N+]=[N-].[3H]CSO[C@H]1CCCC[C@@H]1O[3H]. The molecule has 1 aliphatic heterocycles. The molecule has 46 heavy (non-hydrogen) atoms. The highest BCUT2D eigenvalue weighted by molar-refractivity contribution is 7.97. The summed E-state index contributed by atoms with van der Waals surface area (Å²) in [6.45, 7) is 0. The number of epoxide rings is 1. The van der Waals surface area contributed by atoms with E-state index in [0.717, 1.165) is 100 Å². The van der Waals surface area contributed by atoms with Crippen LogP contribution in [0.25, 0.3) is 20.9 Å². The van der Waals surface area contributed by atoms with Crippen LogP contribution < -0.4 is 0 Å². The lowest BCUT2D eigenvalue weighted by molar-refractivity contribution is 0.0184. The Morgan fingerprint density at radius 3 is 1.78 bits per heavy atom. The fraction of sp³-hybridized carbons (Fsp3) is 1.00. The van der Waals surface area contributed by atoms with Gasteiger partial charge >= 0.3 is 0 Å². The van der Waals surface area contributed by atoms with Gasteiger partial charge in [0.25, 0.3) is 0 Å². The first-order valence-electron chi connectivity index (χ1n) is 18.8. The van der Waals surface area contributed by atoms with Crippen molar-refractivity contribution in [1.29, 1.82) is 1.43 Å². The van der Waals surface area contributed by atoms with Gasteiger partial charge in [0.15, 0.2) is 0 Å². The zero-order valence-corrected chi connectivity index (χ0v) is 31.9. The van der Waals surface area contributed by atoms with Crippen LogP contribution in [-0.2, 0) is 17.3 Å². The Morgan fingerprint density at radius 1 is 0.739 bits per heavy atom. The number of nitrogens with zero attached hydrogens (tertiary/aromatic N) is 6. The Balaban J connectivity index is 0.000000619. The molecule has 1 saturated heterocycles. The van der Waals surface area contributed by atoms with Gasteiger partial charge in [0.2, 0.25) is 1.43 Å². The molecule has 11 nitrogen and oxygen atoms in total. The van der Waals surface area contributed by atoms with Crippen LogP contribution in [0.4, 0.5) is 0 Å². The van der Waals surface area contributed by atoms with Gasteiger partial charge in [0.05, 0.1) is 48.0 Å². The minimum absolute atomic E-state index is 0.0139. The molecule has 270 valence electrons. The molecule has 0 aromatic carbocycles. The average molecular weight is 776 g/mol. The van der Waals surface area contributed by atoms with Crippen molar-refractivity contribution < 1.29 is 27.9 Å². The summed E-state index contributed by atoms with van der Waals surface area (Å²) in [7, 11) is 0. The maximum atomic E-state index is 8.32. The van der Waals surface area contributed by atoms with E-state index >= 15 is 0 Å². The van der Waals surface area contributed by atoms with E-state index in [2.05, 4.69) is 37.2 Å². The fourth-order valence-electron chi connectivity index (χ4n) is 5.39. The van der Waals surface area contributed by atoms with E-state index in [1.54, 1.807) is 6.26 Å². The summed E-state index contributed by atoms with van der Waals surface area (Å²) in [6.07, 6.45) is 22.2. The van der Waals surface area contributed by atoms with E-state index in [9.17, 15) is 0 Å². The number of rotatable bonds is 9. The lowest BCUT2D eigenvalue weighted by atomic mass is 9.93. The Morgan fingerprint density at radius 2 is 1.26 bits per heavy atom. The molecule has 2 unspecified atom stereocenters. The van der Waals surface area contributed by atoms with Crippen molar-refractivity contribution in [1.82, 2.24) is 0 Å². The highest BCUT2D eigenvalue weighted by Crippen LogP contribution is 2.36. The normalized spacial score (nSPS) is 32.0. The van der Waals surface area contributed by atoms with Crippen molar-refractivity contribution in [2.45, 2.75) is 151 Å². The maximum absolute atomic E-state index is 8.32. The van der Waals surface area contributed by atoms with E-state index in [4.69, 9.17) is 46.9 Å². The van der Waals surface area contributed by atoms with Crippen molar-refractivity contribution in [2.24, 2.45) is 9.63 Å².